The molecule has 0 saturated carbocycles. The lowest BCUT2D eigenvalue weighted by atomic mass is 9.92. The van der Waals surface area contributed by atoms with Gasteiger partial charge in [0, 0.05) is 68.2 Å². The lowest BCUT2D eigenvalue weighted by Gasteiger charge is -2.40. The first-order valence-electron chi connectivity index (χ1n) is 13.6. The Balaban J connectivity index is 1.20. The van der Waals surface area contributed by atoms with Crippen molar-refractivity contribution in [1.82, 2.24) is 19.7 Å². The second kappa shape index (κ2) is 13.1. The lowest BCUT2D eigenvalue weighted by molar-refractivity contribution is -0.384. The first-order valence-corrected chi connectivity index (χ1v) is 13.6. The minimum atomic E-state index is -1.75. The largest absolute Gasteiger partial charge is 0.382 e. The Morgan fingerprint density at radius 2 is 1.82 bits per heavy atom. The van der Waals surface area contributed by atoms with E-state index in [1.165, 1.54) is 59.8 Å². The van der Waals surface area contributed by atoms with Crippen LogP contribution in [0.25, 0.3) is 6.08 Å². The number of aromatic nitrogens is 3. The van der Waals surface area contributed by atoms with E-state index in [0.29, 0.717) is 37.4 Å². The topological polar surface area (TPSA) is 130 Å². The van der Waals surface area contributed by atoms with Crippen LogP contribution in [0.1, 0.15) is 11.1 Å². The summed E-state index contributed by atoms with van der Waals surface area (Å²) in [5.74, 6) is -2.71. The van der Waals surface area contributed by atoms with Crippen molar-refractivity contribution in [2.24, 2.45) is 0 Å². The number of amides is 1. The van der Waals surface area contributed by atoms with Gasteiger partial charge in [-0.25, -0.2) is 22.8 Å². The number of halogens is 3. The van der Waals surface area contributed by atoms with Crippen molar-refractivity contribution in [3.8, 4) is 0 Å². The highest BCUT2D eigenvalue weighted by molar-refractivity contribution is 6.02. The standard InChI is InChI=1S/C30H28F3N7O4/c31-22-5-7-25(26(32)15-22)30(42,18-39-20-34-19-35-39)17-37-10-12-38(13-11-37)28-8-6-23(16-27(28)33)36-29(41)9-4-21-2-1-3-24(14-21)40(43)44/h1-9,14-16,19-20,42H,10-13,17-18H2,(H,36,41)/b9-4+. The zero-order valence-corrected chi connectivity index (χ0v) is 23.3. The monoisotopic (exact) mass is 607 g/mol. The van der Waals surface area contributed by atoms with Gasteiger partial charge in [-0.05, 0) is 35.9 Å². The van der Waals surface area contributed by atoms with Gasteiger partial charge in [0.25, 0.3) is 5.69 Å². The molecule has 0 bridgehead atoms. The number of nitrogens with zero attached hydrogens (tertiary/aromatic N) is 6. The molecule has 1 saturated heterocycles. The zero-order valence-electron chi connectivity index (χ0n) is 23.3. The minimum Gasteiger partial charge on any atom is -0.382 e. The molecule has 11 nitrogen and oxygen atoms in total. The number of benzene rings is 3. The second-order valence-corrected chi connectivity index (χ2v) is 10.4. The highest BCUT2D eigenvalue weighted by atomic mass is 19.1. The van der Waals surface area contributed by atoms with Gasteiger partial charge in [-0.3, -0.25) is 19.8 Å². The maximum atomic E-state index is 15.1. The first kappa shape index (κ1) is 30.4. The molecule has 3 aromatic carbocycles. The van der Waals surface area contributed by atoms with Gasteiger partial charge in [0.15, 0.2) is 0 Å². The molecule has 1 fully saturated rings. The molecule has 0 spiro atoms. The molecule has 4 aromatic rings. The van der Waals surface area contributed by atoms with Crippen LogP contribution in [0.4, 0.5) is 30.2 Å². The third kappa shape index (κ3) is 7.27. The molecule has 1 atom stereocenters. The quantitative estimate of drug-likeness (QED) is 0.158. The molecule has 14 heteroatoms. The Morgan fingerprint density at radius 3 is 2.50 bits per heavy atom. The summed E-state index contributed by atoms with van der Waals surface area (Å²) in [5.41, 5.74) is -0.886. The lowest BCUT2D eigenvalue weighted by Crippen LogP contribution is -2.52. The highest BCUT2D eigenvalue weighted by Gasteiger charge is 2.36. The Morgan fingerprint density at radius 1 is 1.02 bits per heavy atom. The van der Waals surface area contributed by atoms with Gasteiger partial charge < -0.3 is 15.3 Å². The summed E-state index contributed by atoms with van der Waals surface area (Å²) in [5, 5.41) is 29.1. The number of carbonyl (C=O) groups is 1. The van der Waals surface area contributed by atoms with Crippen LogP contribution in [0.15, 0.2) is 79.4 Å². The smallest absolute Gasteiger partial charge is 0.270 e. The van der Waals surface area contributed by atoms with Crippen LogP contribution < -0.4 is 10.2 Å². The Labute approximate surface area is 250 Å². The van der Waals surface area contributed by atoms with Crippen molar-refractivity contribution in [3.63, 3.8) is 0 Å². The molecule has 5 rings (SSSR count). The maximum Gasteiger partial charge on any atom is 0.270 e. The molecular formula is C30H28F3N7O4. The summed E-state index contributed by atoms with van der Waals surface area (Å²) < 4.78 is 44.8. The number of carbonyl (C=O) groups excluding carboxylic acids is 1. The van der Waals surface area contributed by atoms with E-state index < -0.39 is 33.9 Å². The van der Waals surface area contributed by atoms with Crippen molar-refractivity contribution in [1.29, 1.82) is 0 Å². The summed E-state index contributed by atoms with van der Waals surface area (Å²) in [4.78, 5) is 30.4. The van der Waals surface area contributed by atoms with Gasteiger partial charge in [-0.2, -0.15) is 5.10 Å². The van der Waals surface area contributed by atoms with Crippen molar-refractivity contribution in [3.05, 3.63) is 118 Å². The van der Waals surface area contributed by atoms with Crippen LogP contribution in [0.3, 0.4) is 0 Å². The molecule has 0 aliphatic carbocycles. The van der Waals surface area contributed by atoms with Crippen LogP contribution in [0, 0.1) is 27.6 Å². The Hall–Kier alpha value is -5.08. The molecule has 1 aliphatic heterocycles. The van der Waals surface area contributed by atoms with E-state index in [4.69, 9.17) is 0 Å². The third-order valence-electron chi connectivity index (χ3n) is 7.24. The van der Waals surface area contributed by atoms with E-state index in [-0.39, 0.29) is 30.0 Å². The predicted molar refractivity (Wildman–Crippen MR) is 156 cm³/mol. The van der Waals surface area contributed by atoms with E-state index in [9.17, 15) is 28.8 Å². The summed E-state index contributed by atoms with van der Waals surface area (Å²) in [6, 6.07) is 13.2. The van der Waals surface area contributed by atoms with Crippen LogP contribution in [-0.4, -0.2) is 68.3 Å². The van der Waals surface area contributed by atoms with Gasteiger partial charge in [-0.15, -0.1) is 0 Å². The zero-order chi connectivity index (χ0) is 31.3. The molecule has 1 aliphatic rings. The number of aliphatic hydroxyl groups is 1. The van der Waals surface area contributed by atoms with E-state index in [2.05, 4.69) is 15.4 Å². The number of hydrogen-bond acceptors (Lipinski definition) is 8. The van der Waals surface area contributed by atoms with Gasteiger partial charge in [-0.1, -0.05) is 18.2 Å². The van der Waals surface area contributed by atoms with Gasteiger partial charge in [0.1, 0.15) is 35.7 Å². The summed E-state index contributed by atoms with van der Waals surface area (Å²) in [7, 11) is 0. The first-order chi connectivity index (χ1) is 21.1. The van der Waals surface area contributed by atoms with Crippen LogP contribution in [0.2, 0.25) is 0 Å². The number of nitro benzene ring substituents is 1. The average Bonchev–Trinajstić information content (AvgIpc) is 3.49. The Bertz CT molecular complexity index is 1680. The van der Waals surface area contributed by atoms with Crippen LogP contribution >= 0.6 is 0 Å². The number of β-amino-alcohol motifs (C(OH)–C–C–N with tert-alkyl or cyclic N) is 1. The summed E-state index contributed by atoms with van der Waals surface area (Å²) in [6.45, 7) is 1.55. The molecule has 2 N–H and O–H groups in total. The number of anilines is 2. The molecular weight excluding hydrogens is 579 g/mol. The summed E-state index contributed by atoms with van der Waals surface area (Å²) in [6.07, 6.45) is 5.31. The number of piperazine rings is 1. The Kier molecular flexibility index (Phi) is 9.01. The predicted octanol–water partition coefficient (Wildman–Crippen LogP) is 3.97. The maximum absolute atomic E-state index is 15.1. The molecule has 0 radical (unpaired) electrons. The van der Waals surface area contributed by atoms with Crippen molar-refractivity contribution in [2.75, 3.05) is 42.9 Å². The van der Waals surface area contributed by atoms with E-state index in [1.54, 1.807) is 18.2 Å². The number of nitro groups is 1. The minimum absolute atomic E-state index is 0.0144. The number of rotatable bonds is 10. The molecule has 1 aromatic heterocycles. The average molecular weight is 608 g/mol. The SMILES string of the molecule is O=C(/C=C/c1cccc([N+](=O)[O-])c1)Nc1ccc(N2CCN(CC(O)(Cn3cncn3)c3ccc(F)cc3F)CC2)c(F)c1. The molecule has 1 amide bonds. The molecule has 2 heterocycles. The van der Waals surface area contributed by atoms with E-state index >= 15 is 4.39 Å². The number of non-ortho nitro benzene ring substituents is 1. The fraction of sp³-hybridized carbons (Fsp3) is 0.233. The van der Waals surface area contributed by atoms with Crippen LogP contribution in [-0.2, 0) is 16.9 Å². The van der Waals surface area contributed by atoms with Crippen molar-refractivity contribution in [2.45, 2.75) is 12.1 Å². The highest BCUT2D eigenvalue weighted by Crippen LogP contribution is 2.29. The number of nitrogens with one attached hydrogen (secondary N) is 1. The van der Waals surface area contributed by atoms with Crippen molar-refractivity contribution < 1.29 is 28.0 Å². The fourth-order valence-electron chi connectivity index (χ4n) is 5.13. The van der Waals surface area contributed by atoms with Gasteiger partial charge >= 0.3 is 0 Å². The molecule has 44 heavy (non-hydrogen) atoms. The van der Waals surface area contributed by atoms with Crippen LogP contribution in [0.5, 0.6) is 0 Å². The van der Waals surface area contributed by atoms with Gasteiger partial charge in [0.2, 0.25) is 5.91 Å². The molecule has 1 unspecified atom stereocenters. The molecule has 228 valence electrons. The second-order valence-electron chi connectivity index (χ2n) is 10.4. The summed E-state index contributed by atoms with van der Waals surface area (Å²) >= 11 is 0. The fourth-order valence-corrected chi connectivity index (χ4v) is 5.13. The third-order valence-corrected chi connectivity index (χ3v) is 7.24. The van der Waals surface area contributed by atoms with E-state index in [1.807, 2.05) is 9.80 Å². The number of hydrogen-bond donors (Lipinski definition) is 2. The normalized spacial score (nSPS) is 15.3. The van der Waals surface area contributed by atoms with Gasteiger partial charge in [0.05, 0.1) is 17.2 Å². The van der Waals surface area contributed by atoms with Crippen molar-refractivity contribution >= 4 is 29.0 Å². The van der Waals surface area contributed by atoms with E-state index in [0.717, 1.165) is 12.1 Å².